The van der Waals surface area contributed by atoms with Crippen LogP contribution in [0.1, 0.15) is 19.3 Å². The monoisotopic (exact) mass is 253 g/mol. The molecule has 4 nitrogen and oxygen atoms in total. The van der Waals surface area contributed by atoms with Crippen LogP contribution in [0.3, 0.4) is 0 Å². The second-order valence-electron chi connectivity index (χ2n) is 4.28. The third kappa shape index (κ3) is 5.88. The van der Waals surface area contributed by atoms with Gasteiger partial charge in [0.05, 0.1) is 13.0 Å². The number of carbonyl (C=O) groups excluding carboxylic acids is 1. The van der Waals surface area contributed by atoms with Crippen molar-refractivity contribution in [2.45, 2.75) is 31.5 Å². The fraction of sp³-hybridized carbons (Fsp3) is 0.900. The summed E-state index contributed by atoms with van der Waals surface area (Å²) in [7, 11) is 0. The quantitative estimate of drug-likeness (QED) is 0.749. The Balaban J connectivity index is 2.49. The Morgan fingerprint density at radius 3 is 2.41 bits per heavy atom. The molecule has 0 bridgehead atoms. The van der Waals surface area contributed by atoms with Gasteiger partial charge in [-0.2, -0.15) is 13.2 Å². The first-order valence-corrected chi connectivity index (χ1v) is 5.68. The van der Waals surface area contributed by atoms with Gasteiger partial charge >= 0.3 is 6.18 Å². The van der Waals surface area contributed by atoms with Crippen molar-refractivity contribution in [2.75, 3.05) is 26.2 Å². The number of nitrogens with zero attached hydrogens (tertiary/aromatic N) is 1. The molecule has 0 unspecified atom stereocenters. The van der Waals surface area contributed by atoms with E-state index in [1.54, 1.807) is 4.90 Å². The van der Waals surface area contributed by atoms with E-state index in [0.29, 0.717) is 0 Å². The van der Waals surface area contributed by atoms with Crippen molar-refractivity contribution in [1.29, 1.82) is 0 Å². The van der Waals surface area contributed by atoms with Gasteiger partial charge in [-0.25, -0.2) is 0 Å². The van der Waals surface area contributed by atoms with Crippen molar-refractivity contribution in [3.8, 4) is 0 Å². The number of primary amides is 1. The van der Waals surface area contributed by atoms with Crippen molar-refractivity contribution >= 4 is 5.91 Å². The van der Waals surface area contributed by atoms with Gasteiger partial charge in [0.25, 0.3) is 0 Å². The largest absolute Gasteiger partial charge is 0.390 e. The topological polar surface area (TPSA) is 58.4 Å². The van der Waals surface area contributed by atoms with Crippen LogP contribution in [0.25, 0.3) is 0 Å². The van der Waals surface area contributed by atoms with Crippen LogP contribution in [0, 0.1) is 0 Å². The first-order valence-electron chi connectivity index (χ1n) is 5.68. The molecule has 100 valence electrons. The minimum Gasteiger partial charge on any atom is -0.369 e. The zero-order valence-corrected chi connectivity index (χ0v) is 9.59. The number of hydrogen-bond donors (Lipinski definition) is 2. The van der Waals surface area contributed by atoms with Crippen molar-refractivity contribution < 1.29 is 18.0 Å². The molecule has 7 heteroatoms. The standard InChI is InChI=1S/C10H18F3N3O/c11-10(12,13)3-6-16(7-9(14)17)8-1-4-15-5-2-8/h8,15H,1-7H2,(H2,14,17). The Hall–Kier alpha value is -0.820. The predicted octanol–water partition coefficient (Wildman–Crippen LogP) is 0.478. The van der Waals surface area contributed by atoms with Gasteiger partial charge in [-0.15, -0.1) is 0 Å². The maximum Gasteiger partial charge on any atom is 0.390 e. The summed E-state index contributed by atoms with van der Waals surface area (Å²) in [4.78, 5) is 12.4. The van der Waals surface area contributed by atoms with E-state index in [1.807, 2.05) is 0 Å². The van der Waals surface area contributed by atoms with Crippen LogP contribution in [-0.4, -0.2) is 49.2 Å². The average molecular weight is 253 g/mol. The fourth-order valence-corrected chi connectivity index (χ4v) is 2.03. The fourth-order valence-electron chi connectivity index (χ4n) is 2.03. The van der Waals surface area contributed by atoms with Gasteiger partial charge in [-0.1, -0.05) is 0 Å². The number of hydrogen-bond acceptors (Lipinski definition) is 3. The highest BCUT2D eigenvalue weighted by molar-refractivity contribution is 5.75. The third-order valence-corrected chi connectivity index (χ3v) is 2.87. The van der Waals surface area contributed by atoms with Crippen LogP contribution in [-0.2, 0) is 4.79 Å². The minimum absolute atomic E-state index is 0.0195. The smallest absolute Gasteiger partial charge is 0.369 e. The Morgan fingerprint density at radius 2 is 1.94 bits per heavy atom. The first-order chi connectivity index (χ1) is 7.88. The molecule has 0 spiro atoms. The van der Waals surface area contributed by atoms with E-state index in [1.165, 1.54) is 0 Å². The number of rotatable bonds is 5. The van der Waals surface area contributed by atoms with Gasteiger partial charge in [0, 0.05) is 12.6 Å². The van der Waals surface area contributed by atoms with E-state index < -0.39 is 18.5 Å². The van der Waals surface area contributed by atoms with Gasteiger partial charge in [-0.3, -0.25) is 9.69 Å². The molecule has 17 heavy (non-hydrogen) atoms. The zero-order chi connectivity index (χ0) is 12.9. The van der Waals surface area contributed by atoms with Crippen molar-refractivity contribution in [2.24, 2.45) is 5.73 Å². The van der Waals surface area contributed by atoms with E-state index in [2.05, 4.69) is 5.32 Å². The van der Waals surface area contributed by atoms with Gasteiger partial charge in [-0.05, 0) is 25.9 Å². The van der Waals surface area contributed by atoms with Gasteiger partial charge in [0.15, 0.2) is 0 Å². The Kier molecular flexibility index (Phi) is 5.20. The lowest BCUT2D eigenvalue weighted by molar-refractivity contribution is -0.141. The van der Waals surface area contributed by atoms with Crippen LogP contribution in [0.4, 0.5) is 13.2 Å². The number of amides is 1. The first kappa shape index (κ1) is 14.2. The van der Waals surface area contributed by atoms with E-state index in [4.69, 9.17) is 5.73 Å². The van der Waals surface area contributed by atoms with Crippen LogP contribution < -0.4 is 11.1 Å². The summed E-state index contributed by atoms with van der Waals surface area (Å²) >= 11 is 0. The molecule has 0 aromatic carbocycles. The van der Waals surface area contributed by atoms with Crippen LogP contribution in [0.5, 0.6) is 0 Å². The van der Waals surface area contributed by atoms with E-state index in [0.717, 1.165) is 25.9 Å². The van der Waals surface area contributed by atoms with Crippen molar-refractivity contribution in [3.05, 3.63) is 0 Å². The molecule has 1 rings (SSSR count). The summed E-state index contributed by atoms with van der Waals surface area (Å²) < 4.78 is 36.5. The summed E-state index contributed by atoms with van der Waals surface area (Å²) in [6, 6.07) is 0.0195. The number of nitrogens with one attached hydrogen (secondary N) is 1. The number of carbonyl (C=O) groups is 1. The second kappa shape index (κ2) is 6.20. The van der Waals surface area contributed by atoms with Crippen LogP contribution in [0.15, 0.2) is 0 Å². The van der Waals surface area contributed by atoms with E-state index in [-0.39, 0.29) is 19.1 Å². The molecule has 0 aromatic rings. The molecule has 1 saturated heterocycles. The average Bonchev–Trinajstić information content (AvgIpc) is 2.24. The summed E-state index contributed by atoms with van der Waals surface area (Å²) in [6.07, 6.45) is -3.58. The SMILES string of the molecule is NC(=O)CN(CCC(F)(F)F)C1CCNCC1. The number of nitrogens with two attached hydrogens (primary N) is 1. The molecule has 1 amide bonds. The second-order valence-corrected chi connectivity index (χ2v) is 4.28. The summed E-state index contributed by atoms with van der Waals surface area (Å²) in [5.74, 6) is -0.578. The van der Waals surface area contributed by atoms with E-state index >= 15 is 0 Å². The Morgan fingerprint density at radius 1 is 1.35 bits per heavy atom. The summed E-state index contributed by atoms with van der Waals surface area (Å²) in [5.41, 5.74) is 5.06. The maximum atomic E-state index is 12.2. The molecule has 0 aromatic heterocycles. The van der Waals surface area contributed by atoms with Gasteiger partial charge < -0.3 is 11.1 Å². The zero-order valence-electron chi connectivity index (χ0n) is 9.59. The molecule has 3 N–H and O–H groups in total. The number of halogens is 3. The van der Waals surface area contributed by atoms with Gasteiger partial charge in [0.2, 0.25) is 5.91 Å². The molecule has 0 radical (unpaired) electrons. The van der Waals surface area contributed by atoms with Crippen molar-refractivity contribution in [3.63, 3.8) is 0 Å². The summed E-state index contributed by atoms with van der Waals surface area (Å²) in [5, 5.41) is 3.13. The predicted molar refractivity (Wildman–Crippen MR) is 57.3 cm³/mol. The lowest BCUT2D eigenvalue weighted by Crippen LogP contribution is -2.47. The summed E-state index contributed by atoms with van der Waals surface area (Å²) in [6.45, 7) is 1.29. The number of piperidine rings is 1. The lowest BCUT2D eigenvalue weighted by atomic mass is 10.0. The van der Waals surface area contributed by atoms with Crippen LogP contribution >= 0.6 is 0 Å². The van der Waals surface area contributed by atoms with E-state index in [9.17, 15) is 18.0 Å². The normalized spacial score (nSPS) is 18.6. The molecular formula is C10H18F3N3O. The van der Waals surface area contributed by atoms with Crippen molar-refractivity contribution in [1.82, 2.24) is 10.2 Å². The number of alkyl halides is 3. The molecule has 1 aliphatic heterocycles. The highest BCUT2D eigenvalue weighted by Gasteiger charge is 2.30. The molecule has 0 aliphatic carbocycles. The Labute approximate surface area is 98.3 Å². The third-order valence-electron chi connectivity index (χ3n) is 2.87. The Bertz CT molecular complexity index is 252. The van der Waals surface area contributed by atoms with Gasteiger partial charge in [0.1, 0.15) is 0 Å². The highest BCUT2D eigenvalue weighted by Crippen LogP contribution is 2.21. The molecule has 1 heterocycles. The molecule has 1 fully saturated rings. The highest BCUT2D eigenvalue weighted by atomic mass is 19.4. The van der Waals surface area contributed by atoms with Crippen LogP contribution in [0.2, 0.25) is 0 Å². The minimum atomic E-state index is -4.19. The molecule has 0 atom stereocenters. The molecule has 1 aliphatic rings. The molecular weight excluding hydrogens is 235 g/mol. The molecule has 0 saturated carbocycles. The lowest BCUT2D eigenvalue weighted by Gasteiger charge is -2.33. The maximum absolute atomic E-state index is 12.2.